The normalized spacial score (nSPS) is 60.6. The largest absolute Gasteiger partial charge is 0.456 e. The van der Waals surface area contributed by atoms with Gasteiger partial charge >= 0.3 is 5.97 Å². The highest BCUT2D eigenvalue weighted by atomic mass is 16.7. The minimum Gasteiger partial charge on any atom is -0.456 e. The molecule has 3 aliphatic heterocycles. The molecule has 17 atom stereocenters. The van der Waals surface area contributed by atoms with Crippen LogP contribution in [0, 0.1) is 46.8 Å². The van der Waals surface area contributed by atoms with Crippen LogP contribution in [0.15, 0.2) is 0 Å². The summed E-state index contributed by atoms with van der Waals surface area (Å²) in [6.07, 6.45) is -1.31. The summed E-state index contributed by atoms with van der Waals surface area (Å²) in [4.78, 5) is 15.1. The number of carbonyl (C=O) groups is 1. The first-order valence-electron chi connectivity index (χ1n) is 16.4. The maximum absolute atomic E-state index is 12.8. The van der Waals surface area contributed by atoms with E-state index in [0.717, 1.165) is 19.4 Å². The van der Waals surface area contributed by atoms with Crippen molar-refractivity contribution in [3.63, 3.8) is 0 Å². The second-order valence-electron chi connectivity index (χ2n) is 16.0. The number of fused-ring (bicyclic) bond motifs is 5. The van der Waals surface area contributed by atoms with Gasteiger partial charge in [-0.15, -0.1) is 0 Å². The molecular formula is C32H51NO9. The lowest BCUT2D eigenvalue weighted by Crippen LogP contribution is -2.76. The molecule has 10 heteroatoms. The Bertz CT molecular complexity index is 1140. The van der Waals surface area contributed by atoms with Crippen molar-refractivity contribution in [2.45, 2.75) is 133 Å². The molecule has 0 aromatic rings. The zero-order valence-corrected chi connectivity index (χ0v) is 25.6. The summed E-state index contributed by atoms with van der Waals surface area (Å²) in [5.74, 6) is -5.24. The molecule has 4 aliphatic carbocycles. The van der Waals surface area contributed by atoms with Crippen molar-refractivity contribution in [2.24, 2.45) is 46.8 Å². The molecule has 7 rings (SSSR count). The van der Waals surface area contributed by atoms with Gasteiger partial charge in [0.15, 0.2) is 6.10 Å². The molecule has 1 spiro atoms. The maximum atomic E-state index is 12.8. The molecule has 3 heterocycles. The smallest absolute Gasteiger partial charge is 0.309 e. The van der Waals surface area contributed by atoms with Gasteiger partial charge in [0, 0.05) is 42.3 Å². The van der Waals surface area contributed by atoms with Gasteiger partial charge in [-0.05, 0) is 69.6 Å². The van der Waals surface area contributed by atoms with E-state index in [0.29, 0.717) is 31.7 Å². The second kappa shape index (κ2) is 9.12. The Balaban J connectivity index is 1.31. The fourth-order valence-corrected chi connectivity index (χ4v) is 11.9. The number of aliphatic hydroxyl groups is 6. The molecule has 4 saturated carbocycles. The Hall–Kier alpha value is -0.850. The van der Waals surface area contributed by atoms with Crippen LogP contribution in [0.2, 0.25) is 0 Å². The fourth-order valence-electron chi connectivity index (χ4n) is 11.9. The summed E-state index contributed by atoms with van der Waals surface area (Å²) >= 11 is 0. The van der Waals surface area contributed by atoms with Crippen LogP contribution in [-0.4, -0.2) is 108 Å². The van der Waals surface area contributed by atoms with Crippen molar-refractivity contribution >= 4 is 5.97 Å². The van der Waals surface area contributed by atoms with Crippen molar-refractivity contribution in [2.75, 3.05) is 13.1 Å². The van der Waals surface area contributed by atoms with E-state index < -0.39 is 82.1 Å². The van der Waals surface area contributed by atoms with Gasteiger partial charge in [-0.3, -0.25) is 9.69 Å². The van der Waals surface area contributed by atoms with Gasteiger partial charge in [0.1, 0.15) is 11.7 Å². The van der Waals surface area contributed by atoms with Gasteiger partial charge in [-0.1, -0.05) is 27.7 Å². The molecule has 42 heavy (non-hydrogen) atoms. The molecule has 0 amide bonds. The van der Waals surface area contributed by atoms with Crippen LogP contribution in [0.1, 0.15) is 79.6 Å². The van der Waals surface area contributed by atoms with Gasteiger partial charge in [-0.25, -0.2) is 0 Å². The number of hydrogen-bond donors (Lipinski definition) is 6. The van der Waals surface area contributed by atoms with Crippen molar-refractivity contribution in [3.05, 3.63) is 0 Å². The molecule has 10 nitrogen and oxygen atoms in total. The number of rotatable bonds is 3. The van der Waals surface area contributed by atoms with Crippen LogP contribution >= 0.6 is 0 Å². The lowest BCUT2D eigenvalue weighted by Gasteiger charge is -2.63. The van der Waals surface area contributed by atoms with E-state index >= 15 is 0 Å². The first-order valence-corrected chi connectivity index (χ1v) is 16.4. The van der Waals surface area contributed by atoms with Crippen LogP contribution < -0.4 is 0 Å². The van der Waals surface area contributed by atoms with E-state index in [4.69, 9.17) is 9.47 Å². The van der Waals surface area contributed by atoms with E-state index in [2.05, 4.69) is 11.8 Å². The number of hydrogen-bond acceptors (Lipinski definition) is 10. The van der Waals surface area contributed by atoms with E-state index in [1.165, 1.54) is 0 Å². The summed E-state index contributed by atoms with van der Waals surface area (Å²) in [6.45, 7) is 11.1. The summed E-state index contributed by atoms with van der Waals surface area (Å²) in [6, 6.07) is -0.152. The molecule has 7 fully saturated rings. The monoisotopic (exact) mass is 593 g/mol. The third-order valence-corrected chi connectivity index (χ3v) is 14.1. The zero-order chi connectivity index (χ0) is 30.4. The summed E-state index contributed by atoms with van der Waals surface area (Å²) in [5.41, 5.74) is -5.07. The Kier molecular flexibility index (Phi) is 6.48. The van der Waals surface area contributed by atoms with Gasteiger partial charge < -0.3 is 40.1 Å². The molecular weight excluding hydrogens is 542 g/mol. The fraction of sp³-hybridized carbons (Fsp3) is 0.969. The topological polar surface area (TPSA) is 160 Å². The van der Waals surface area contributed by atoms with Gasteiger partial charge in [0.25, 0.3) is 0 Å². The minimum atomic E-state index is -1.89. The van der Waals surface area contributed by atoms with Crippen molar-refractivity contribution < 1.29 is 44.9 Å². The second-order valence-corrected chi connectivity index (χ2v) is 16.0. The summed E-state index contributed by atoms with van der Waals surface area (Å²) in [7, 11) is 0. The molecule has 238 valence electrons. The number of aliphatic hydroxyl groups excluding tert-OH is 3. The molecule has 0 radical (unpaired) electrons. The number of nitrogens with zero attached hydrogens (tertiary/aromatic N) is 1. The van der Waals surface area contributed by atoms with E-state index in [1.807, 2.05) is 13.8 Å². The quantitative estimate of drug-likeness (QED) is 0.258. The lowest BCUT2D eigenvalue weighted by molar-refractivity contribution is -0.297. The average Bonchev–Trinajstić information content (AvgIpc) is 3.21. The van der Waals surface area contributed by atoms with E-state index in [9.17, 15) is 35.4 Å². The maximum Gasteiger partial charge on any atom is 0.309 e. The molecule has 4 bridgehead atoms. The molecule has 17 unspecified atom stereocenters. The first-order chi connectivity index (χ1) is 19.6. The van der Waals surface area contributed by atoms with E-state index in [-0.39, 0.29) is 30.7 Å². The number of carbonyl (C=O) groups excluding carboxylic acids is 1. The van der Waals surface area contributed by atoms with Crippen molar-refractivity contribution in [3.8, 4) is 0 Å². The van der Waals surface area contributed by atoms with Crippen LogP contribution in [0.25, 0.3) is 0 Å². The number of piperidine rings is 2. The van der Waals surface area contributed by atoms with Gasteiger partial charge in [-0.2, -0.15) is 0 Å². The highest BCUT2D eigenvalue weighted by Gasteiger charge is 2.86. The minimum absolute atomic E-state index is 0.117. The highest BCUT2D eigenvalue weighted by molar-refractivity contribution is 5.72. The summed E-state index contributed by atoms with van der Waals surface area (Å²) in [5, 5.41) is 72.3. The zero-order valence-electron chi connectivity index (χ0n) is 25.6. The summed E-state index contributed by atoms with van der Waals surface area (Å²) < 4.78 is 12.7. The third kappa shape index (κ3) is 3.36. The van der Waals surface area contributed by atoms with Crippen LogP contribution in [0.3, 0.4) is 0 Å². The standard InChI is InChI=1S/C32H51NO9/c1-6-16(3)27(37)41-22-9-10-28(4)20-11-19(34)25-30(28,42-32(20,22)40)12-18-17-14-33-13-15(2)7-8-21(33)29(5,38)23(17)24(35)26(36)31(18,25)39/h15-26,34-36,38-40H,6-14H2,1-5H3. The van der Waals surface area contributed by atoms with Crippen molar-refractivity contribution in [1.82, 2.24) is 4.90 Å². The average molecular weight is 594 g/mol. The molecule has 3 saturated heterocycles. The molecule has 0 aromatic heterocycles. The third-order valence-electron chi connectivity index (χ3n) is 14.1. The lowest BCUT2D eigenvalue weighted by atomic mass is 9.49. The Morgan fingerprint density at radius 3 is 2.50 bits per heavy atom. The molecule has 6 N–H and O–H groups in total. The Morgan fingerprint density at radius 2 is 1.81 bits per heavy atom. The van der Waals surface area contributed by atoms with E-state index in [1.54, 1.807) is 13.8 Å². The predicted molar refractivity (Wildman–Crippen MR) is 149 cm³/mol. The Labute approximate surface area is 248 Å². The highest BCUT2D eigenvalue weighted by Crippen LogP contribution is 2.77. The first kappa shape index (κ1) is 29.8. The molecule has 0 aromatic carbocycles. The number of esters is 1. The predicted octanol–water partition coefficient (Wildman–Crippen LogP) is 0.783. The number of ether oxygens (including phenoxy) is 2. The Morgan fingerprint density at radius 1 is 1.10 bits per heavy atom. The molecule has 7 aliphatic rings. The SMILES string of the molecule is CCC(C)C(=O)OC1CCC2(C)C3CC(O)C4C5(O)C(O)C(O)C6C(CN7CC(C)CCC7C6(C)O)C5CC42OC13O. The van der Waals surface area contributed by atoms with Crippen LogP contribution in [-0.2, 0) is 14.3 Å². The van der Waals surface area contributed by atoms with Crippen LogP contribution in [0.5, 0.6) is 0 Å². The van der Waals surface area contributed by atoms with Gasteiger partial charge in [0.05, 0.1) is 29.3 Å². The van der Waals surface area contributed by atoms with Gasteiger partial charge in [0.2, 0.25) is 5.79 Å². The van der Waals surface area contributed by atoms with Crippen LogP contribution in [0.4, 0.5) is 0 Å². The van der Waals surface area contributed by atoms with Crippen molar-refractivity contribution in [1.29, 1.82) is 0 Å².